The number of ether oxygens (including phenoxy) is 1. The number of hydrogen-bond acceptors (Lipinski definition) is 14. The van der Waals surface area contributed by atoms with Crippen molar-refractivity contribution in [3.05, 3.63) is 35.4 Å². The summed E-state index contributed by atoms with van der Waals surface area (Å²) in [5, 5.41) is 26.9. The molecule has 17 heteroatoms. The molecular weight excluding hydrogens is 482 g/mol. The highest BCUT2D eigenvalue weighted by molar-refractivity contribution is 7.99. The molecule has 0 aromatic carbocycles. The summed E-state index contributed by atoms with van der Waals surface area (Å²) in [7, 11) is 0. The molecular formula is C16H17ClN9O6S+. The van der Waals surface area contributed by atoms with Gasteiger partial charge in [0, 0.05) is 0 Å². The Morgan fingerprint density at radius 3 is 2.45 bits per heavy atom. The molecule has 0 bridgehead atoms. The van der Waals surface area contributed by atoms with Gasteiger partial charge < -0.3 is 9.84 Å². The smallest absolute Gasteiger partial charge is 0.446 e. The number of carbonyl (C=O) groups excluding carboxylic acids is 1. The van der Waals surface area contributed by atoms with Gasteiger partial charge in [0.05, 0.1) is 23.7 Å². The van der Waals surface area contributed by atoms with Crippen molar-refractivity contribution in [3.8, 4) is 12.0 Å². The van der Waals surface area contributed by atoms with Gasteiger partial charge in [0.2, 0.25) is 5.28 Å². The number of pyridine rings is 1. The number of esters is 1. The van der Waals surface area contributed by atoms with E-state index in [-0.39, 0.29) is 39.6 Å². The third kappa shape index (κ3) is 7.42. The zero-order valence-electron chi connectivity index (χ0n) is 17.0. The van der Waals surface area contributed by atoms with Crippen molar-refractivity contribution in [3.63, 3.8) is 0 Å². The van der Waals surface area contributed by atoms with Crippen LogP contribution in [0.25, 0.3) is 5.95 Å². The molecule has 0 aliphatic heterocycles. The average molecular weight is 499 g/mol. The topological polar surface area (TPSA) is 209 Å². The summed E-state index contributed by atoms with van der Waals surface area (Å²) < 4.78 is 6.26. The molecule has 174 valence electrons. The summed E-state index contributed by atoms with van der Waals surface area (Å²) in [6.07, 6.45) is 2.67. The third-order valence-corrected chi connectivity index (χ3v) is 4.18. The molecule has 3 aromatic rings. The van der Waals surface area contributed by atoms with Gasteiger partial charge in [-0.2, -0.15) is 15.0 Å². The highest BCUT2D eigenvalue weighted by Gasteiger charge is 2.22. The van der Waals surface area contributed by atoms with Crippen molar-refractivity contribution in [2.24, 2.45) is 0 Å². The van der Waals surface area contributed by atoms with Crippen molar-refractivity contribution >= 4 is 47.2 Å². The molecule has 0 aliphatic rings. The Labute approximate surface area is 194 Å². The number of aromatic nitrogens is 7. The molecule has 3 aromatic heterocycles. The Balaban J connectivity index is 0.00000187. The van der Waals surface area contributed by atoms with Crippen LogP contribution in [-0.2, 0) is 4.79 Å². The Morgan fingerprint density at radius 2 is 1.79 bits per heavy atom. The van der Waals surface area contributed by atoms with Gasteiger partial charge in [-0.1, -0.05) is 25.6 Å². The lowest BCUT2D eigenvalue weighted by atomic mass is 10.3. The molecule has 5 N–H and O–H groups in total. The van der Waals surface area contributed by atoms with Crippen molar-refractivity contribution in [2.45, 2.75) is 19.0 Å². The number of anilines is 2. The molecule has 0 fully saturated rings. The monoisotopic (exact) mass is 498 g/mol. The number of nitrogens with zero attached hydrogens (tertiary/aromatic N) is 7. The first kappa shape index (κ1) is 25.5. The SMILES string of the molecule is CC.O=C(CSc1nc(Cl)nc(NO)n1)Oc1nc(NO)nc(-[n+]2cccc(C(=O)O)c2)n1. The Hall–Kier alpha value is -3.73. The van der Waals surface area contributed by atoms with Crippen LogP contribution >= 0.6 is 23.4 Å². The van der Waals surface area contributed by atoms with E-state index in [1.54, 1.807) is 11.0 Å². The molecule has 0 unspecified atom stereocenters. The van der Waals surface area contributed by atoms with E-state index in [1.807, 2.05) is 13.8 Å². The lowest BCUT2D eigenvalue weighted by Crippen LogP contribution is -2.34. The van der Waals surface area contributed by atoms with Gasteiger partial charge in [0.1, 0.15) is 0 Å². The second-order valence-electron chi connectivity index (χ2n) is 5.24. The zero-order chi connectivity index (χ0) is 24.4. The molecule has 0 aliphatic carbocycles. The number of aromatic carboxylic acids is 1. The van der Waals surface area contributed by atoms with Crippen LogP contribution in [0.2, 0.25) is 5.28 Å². The molecule has 33 heavy (non-hydrogen) atoms. The van der Waals surface area contributed by atoms with Crippen LogP contribution in [0.4, 0.5) is 11.9 Å². The first-order chi connectivity index (χ1) is 15.9. The summed E-state index contributed by atoms with van der Waals surface area (Å²) >= 11 is 6.50. The van der Waals surface area contributed by atoms with E-state index in [9.17, 15) is 9.59 Å². The second kappa shape index (κ2) is 12.3. The molecule has 0 saturated heterocycles. The number of halogens is 1. The fourth-order valence-electron chi connectivity index (χ4n) is 1.98. The van der Waals surface area contributed by atoms with E-state index in [2.05, 4.69) is 29.9 Å². The quantitative estimate of drug-likeness (QED) is 0.127. The van der Waals surface area contributed by atoms with E-state index in [1.165, 1.54) is 29.1 Å². The van der Waals surface area contributed by atoms with Crippen LogP contribution in [-0.4, -0.2) is 63.1 Å². The van der Waals surface area contributed by atoms with E-state index in [0.29, 0.717) is 0 Å². The van der Waals surface area contributed by atoms with Gasteiger partial charge in [-0.05, 0) is 33.7 Å². The molecule has 0 spiro atoms. The lowest BCUT2D eigenvalue weighted by molar-refractivity contribution is -0.603. The minimum Gasteiger partial charge on any atom is -0.478 e. The van der Waals surface area contributed by atoms with Gasteiger partial charge in [0.15, 0.2) is 5.16 Å². The van der Waals surface area contributed by atoms with Crippen LogP contribution < -0.4 is 20.3 Å². The lowest BCUT2D eigenvalue weighted by Gasteiger charge is -2.03. The minimum absolute atomic E-state index is 0.0311. The van der Waals surface area contributed by atoms with E-state index < -0.39 is 17.9 Å². The number of thioether (sulfide) groups is 1. The molecule has 3 heterocycles. The minimum atomic E-state index is -1.18. The van der Waals surface area contributed by atoms with Crippen LogP contribution in [0, 0.1) is 0 Å². The number of nitrogens with one attached hydrogen (secondary N) is 2. The fourth-order valence-corrected chi connectivity index (χ4v) is 2.80. The number of carbonyl (C=O) groups is 2. The normalized spacial score (nSPS) is 9.97. The predicted octanol–water partition coefficient (Wildman–Crippen LogP) is 1.01. The molecule has 3 rings (SSSR count). The summed E-state index contributed by atoms with van der Waals surface area (Å²) in [6.45, 7) is 4.00. The van der Waals surface area contributed by atoms with Crippen LogP contribution in [0.3, 0.4) is 0 Å². The first-order valence-electron chi connectivity index (χ1n) is 8.94. The van der Waals surface area contributed by atoms with Crippen LogP contribution in [0.15, 0.2) is 29.7 Å². The molecule has 0 atom stereocenters. The maximum absolute atomic E-state index is 12.1. The first-order valence-corrected chi connectivity index (χ1v) is 10.3. The maximum atomic E-state index is 12.1. The van der Waals surface area contributed by atoms with Gasteiger partial charge in [-0.15, -0.1) is 4.98 Å². The molecule has 0 saturated carbocycles. The Kier molecular flexibility index (Phi) is 9.55. The van der Waals surface area contributed by atoms with Crippen molar-refractivity contribution in [2.75, 3.05) is 16.7 Å². The van der Waals surface area contributed by atoms with Gasteiger partial charge in [-0.3, -0.25) is 15.2 Å². The largest absolute Gasteiger partial charge is 0.478 e. The van der Waals surface area contributed by atoms with Gasteiger partial charge in [-0.25, -0.2) is 20.3 Å². The van der Waals surface area contributed by atoms with Gasteiger partial charge >= 0.3 is 29.8 Å². The van der Waals surface area contributed by atoms with E-state index in [0.717, 1.165) is 11.8 Å². The highest BCUT2D eigenvalue weighted by atomic mass is 35.5. The summed E-state index contributed by atoms with van der Waals surface area (Å²) in [5.74, 6) is -2.98. The van der Waals surface area contributed by atoms with Crippen LogP contribution in [0.1, 0.15) is 24.2 Å². The molecule has 0 amide bonds. The number of rotatable bonds is 8. The highest BCUT2D eigenvalue weighted by Crippen LogP contribution is 2.17. The summed E-state index contributed by atoms with van der Waals surface area (Å²) in [4.78, 5) is 45.9. The fraction of sp³-hybridized carbons (Fsp3) is 0.188. The number of carboxylic acids is 1. The number of hydrogen-bond donors (Lipinski definition) is 5. The molecule has 15 nitrogen and oxygen atoms in total. The standard InChI is InChI=1S/C14H10ClN9O6S.C2H6/c15-9-16-10(22-28)20-14(17-9)31-5-7(25)30-13-19-11(23-29)18-12(21-13)24-3-1-2-6(4-24)8(26)27;1-2/h1-4H,5H2,(H4-,16,17,18,19,20,21,22,23,26,27,28,29);1-2H3/p+1. The second-order valence-corrected chi connectivity index (χ2v) is 6.52. The third-order valence-electron chi connectivity index (χ3n) is 3.19. The Morgan fingerprint density at radius 1 is 1.09 bits per heavy atom. The maximum Gasteiger partial charge on any atom is 0.446 e. The van der Waals surface area contributed by atoms with Crippen LogP contribution in [0.5, 0.6) is 6.01 Å². The predicted molar refractivity (Wildman–Crippen MR) is 112 cm³/mol. The average Bonchev–Trinajstić information content (AvgIpc) is 2.83. The van der Waals surface area contributed by atoms with E-state index in [4.69, 9.17) is 31.9 Å². The van der Waals surface area contributed by atoms with Gasteiger partial charge in [0.25, 0.3) is 5.95 Å². The van der Waals surface area contributed by atoms with Crippen molar-refractivity contribution < 1.29 is 34.4 Å². The summed E-state index contributed by atoms with van der Waals surface area (Å²) in [5.41, 5.74) is 3.36. The zero-order valence-corrected chi connectivity index (χ0v) is 18.6. The summed E-state index contributed by atoms with van der Waals surface area (Å²) in [6, 6.07) is 2.33. The Bertz CT molecular complexity index is 1140. The van der Waals surface area contributed by atoms with Crippen molar-refractivity contribution in [1.82, 2.24) is 29.9 Å². The molecule has 0 radical (unpaired) electrons. The van der Waals surface area contributed by atoms with Crippen molar-refractivity contribution in [1.29, 1.82) is 0 Å². The van der Waals surface area contributed by atoms with E-state index >= 15 is 0 Å². The number of carboxylic acid groups (broad SMARTS) is 1.